The Morgan fingerprint density at radius 3 is 2.28 bits per heavy atom. The van der Waals surface area contributed by atoms with Gasteiger partial charge in [-0.05, 0) is 63.9 Å². The highest BCUT2D eigenvalue weighted by Gasteiger charge is 2.12. The van der Waals surface area contributed by atoms with Crippen molar-refractivity contribution in [1.29, 1.82) is 0 Å². The van der Waals surface area contributed by atoms with Crippen LogP contribution in [0.25, 0.3) is 0 Å². The number of hydrogen-bond acceptors (Lipinski definition) is 2. The fraction of sp³-hybridized carbons (Fsp3) is 0.375. The lowest BCUT2D eigenvalue weighted by molar-refractivity contribution is 0.500. The monoisotopic (exact) mass is 243 g/mol. The van der Waals surface area contributed by atoms with Crippen molar-refractivity contribution in [2.45, 2.75) is 40.7 Å². The Hall–Kier alpha value is -1.70. The summed E-state index contributed by atoms with van der Waals surface area (Å²) in [7, 11) is 0. The van der Waals surface area contributed by atoms with E-state index in [-0.39, 0.29) is 6.04 Å². The van der Waals surface area contributed by atoms with Crippen LogP contribution >= 0.6 is 0 Å². The van der Waals surface area contributed by atoms with Crippen LogP contribution in [-0.4, -0.2) is 0 Å². The number of benzene rings is 1. The molecular formula is C16H21NO. The van der Waals surface area contributed by atoms with Crippen molar-refractivity contribution >= 4 is 5.69 Å². The summed E-state index contributed by atoms with van der Waals surface area (Å²) in [5.41, 5.74) is 5.02. The first-order valence-corrected chi connectivity index (χ1v) is 6.38. The summed E-state index contributed by atoms with van der Waals surface area (Å²) in [5, 5.41) is 3.52. The van der Waals surface area contributed by atoms with Crippen molar-refractivity contribution in [3.8, 4) is 0 Å². The van der Waals surface area contributed by atoms with E-state index < -0.39 is 0 Å². The van der Waals surface area contributed by atoms with Crippen LogP contribution in [0.15, 0.2) is 28.7 Å². The first kappa shape index (κ1) is 12.7. The molecule has 1 atom stereocenters. The van der Waals surface area contributed by atoms with Gasteiger partial charge in [-0.15, -0.1) is 0 Å². The van der Waals surface area contributed by atoms with Gasteiger partial charge >= 0.3 is 0 Å². The highest BCUT2D eigenvalue weighted by molar-refractivity contribution is 5.50. The van der Waals surface area contributed by atoms with Gasteiger partial charge in [0.25, 0.3) is 0 Å². The van der Waals surface area contributed by atoms with Crippen molar-refractivity contribution in [3.05, 3.63) is 52.5 Å². The van der Waals surface area contributed by atoms with E-state index >= 15 is 0 Å². The Balaban J connectivity index is 2.18. The topological polar surface area (TPSA) is 25.2 Å². The molecule has 0 bridgehead atoms. The minimum absolute atomic E-state index is 0.254. The molecule has 2 rings (SSSR count). The summed E-state index contributed by atoms with van der Waals surface area (Å²) in [4.78, 5) is 0. The Bertz CT molecular complexity index is 554. The summed E-state index contributed by atoms with van der Waals surface area (Å²) in [5.74, 6) is 1.97. The van der Waals surface area contributed by atoms with Crippen LogP contribution in [0.4, 0.5) is 5.69 Å². The number of rotatable bonds is 3. The van der Waals surface area contributed by atoms with Crippen LogP contribution in [0, 0.1) is 27.7 Å². The third kappa shape index (κ3) is 2.58. The molecule has 1 N–H and O–H groups in total. The van der Waals surface area contributed by atoms with Crippen LogP contribution in [0.1, 0.15) is 41.2 Å². The van der Waals surface area contributed by atoms with Gasteiger partial charge in [0.05, 0.1) is 6.04 Å². The Morgan fingerprint density at radius 2 is 1.72 bits per heavy atom. The summed E-state index contributed by atoms with van der Waals surface area (Å²) in [6.07, 6.45) is 0. The number of anilines is 1. The van der Waals surface area contributed by atoms with E-state index in [2.05, 4.69) is 50.4 Å². The minimum atomic E-state index is 0.254. The highest BCUT2D eigenvalue weighted by Crippen LogP contribution is 2.25. The fourth-order valence-corrected chi connectivity index (χ4v) is 2.24. The third-order valence-electron chi connectivity index (χ3n) is 3.44. The molecule has 2 heteroatoms. The second-order valence-electron chi connectivity index (χ2n) is 5.03. The van der Waals surface area contributed by atoms with Gasteiger partial charge in [-0.1, -0.05) is 6.07 Å². The van der Waals surface area contributed by atoms with Crippen LogP contribution in [0.3, 0.4) is 0 Å². The molecule has 2 nitrogen and oxygen atoms in total. The van der Waals surface area contributed by atoms with Gasteiger partial charge < -0.3 is 9.73 Å². The van der Waals surface area contributed by atoms with Crippen molar-refractivity contribution in [2.75, 3.05) is 5.32 Å². The third-order valence-corrected chi connectivity index (χ3v) is 3.44. The lowest BCUT2D eigenvalue weighted by Gasteiger charge is -2.15. The standard InChI is InChI=1S/C16H21NO/c1-10-6-7-15(8-11(10)2)17-13(4)16-9-12(3)18-14(16)5/h6-9,13,17H,1-5H3. The average molecular weight is 243 g/mol. The molecule has 0 radical (unpaired) electrons. The Labute approximate surface area is 109 Å². The minimum Gasteiger partial charge on any atom is -0.466 e. The highest BCUT2D eigenvalue weighted by atomic mass is 16.3. The van der Waals surface area contributed by atoms with Crippen molar-refractivity contribution in [2.24, 2.45) is 0 Å². The summed E-state index contributed by atoms with van der Waals surface area (Å²) >= 11 is 0. The van der Waals surface area contributed by atoms with Gasteiger partial charge in [0.2, 0.25) is 0 Å². The second kappa shape index (κ2) is 4.89. The van der Waals surface area contributed by atoms with E-state index in [9.17, 15) is 0 Å². The van der Waals surface area contributed by atoms with Crippen LogP contribution < -0.4 is 5.32 Å². The molecule has 0 spiro atoms. The predicted molar refractivity (Wildman–Crippen MR) is 76.1 cm³/mol. The van der Waals surface area contributed by atoms with Gasteiger partial charge in [-0.3, -0.25) is 0 Å². The van der Waals surface area contributed by atoms with E-state index in [0.717, 1.165) is 17.2 Å². The number of hydrogen-bond donors (Lipinski definition) is 1. The van der Waals surface area contributed by atoms with E-state index in [1.54, 1.807) is 0 Å². The zero-order chi connectivity index (χ0) is 13.3. The molecule has 18 heavy (non-hydrogen) atoms. The first-order valence-electron chi connectivity index (χ1n) is 6.38. The van der Waals surface area contributed by atoms with E-state index in [1.807, 2.05) is 13.8 Å². The maximum atomic E-state index is 5.58. The van der Waals surface area contributed by atoms with Crippen molar-refractivity contribution in [1.82, 2.24) is 0 Å². The van der Waals surface area contributed by atoms with Crippen molar-refractivity contribution < 1.29 is 4.42 Å². The van der Waals surface area contributed by atoms with Crippen LogP contribution in [0.2, 0.25) is 0 Å². The van der Waals surface area contributed by atoms with Gasteiger partial charge in [0.1, 0.15) is 11.5 Å². The second-order valence-corrected chi connectivity index (χ2v) is 5.03. The van der Waals surface area contributed by atoms with E-state index in [0.29, 0.717) is 0 Å². The van der Waals surface area contributed by atoms with E-state index in [1.165, 1.54) is 16.7 Å². The Kier molecular flexibility index (Phi) is 3.46. The zero-order valence-corrected chi connectivity index (χ0v) is 11.8. The normalized spacial score (nSPS) is 12.5. The zero-order valence-electron chi connectivity index (χ0n) is 11.8. The molecule has 0 aliphatic heterocycles. The molecule has 0 aliphatic carbocycles. The van der Waals surface area contributed by atoms with Crippen molar-refractivity contribution in [3.63, 3.8) is 0 Å². The maximum Gasteiger partial charge on any atom is 0.106 e. The summed E-state index contributed by atoms with van der Waals surface area (Å²) in [6.45, 7) is 10.4. The predicted octanol–water partition coefficient (Wildman–Crippen LogP) is 4.69. The lowest BCUT2D eigenvalue weighted by Crippen LogP contribution is -2.07. The molecule has 0 saturated carbocycles. The number of furan rings is 1. The summed E-state index contributed by atoms with van der Waals surface area (Å²) < 4.78 is 5.58. The smallest absolute Gasteiger partial charge is 0.106 e. The molecular weight excluding hydrogens is 222 g/mol. The number of nitrogens with one attached hydrogen (secondary N) is 1. The molecule has 1 heterocycles. The number of aryl methyl sites for hydroxylation is 4. The van der Waals surface area contributed by atoms with Gasteiger partial charge in [-0.25, -0.2) is 0 Å². The molecule has 1 aromatic carbocycles. The molecule has 1 aromatic heterocycles. The van der Waals surface area contributed by atoms with Gasteiger partial charge in [-0.2, -0.15) is 0 Å². The first-order chi connectivity index (χ1) is 8.47. The van der Waals surface area contributed by atoms with Gasteiger partial charge in [0, 0.05) is 11.3 Å². The molecule has 0 saturated heterocycles. The van der Waals surface area contributed by atoms with Crippen LogP contribution in [0.5, 0.6) is 0 Å². The fourth-order valence-electron chi connectivity index (χ4n) is 2.24. The molecule has 0 fully saturated rings. The average Bonchev–Trinajstić information content (AvgIpc) is 2.63. The molecule has 0 aliphatic rings. The molecule has 0 amide bonds. The van der Waals surface area contributed by atoms with Crippen LogP contribution in [-0.2, 0) is 0 Å². The van der Waals surface area contributed by atoms with E-state index in [4.69, 9.17) is 4.42 Å². The summed E-state index contributed by atoms with van der Waals surface area (Å²) in [6, 6.07) is 8.82. The largest absolute Gasteiger partial charge is 0.466 e. The lowest BCUT2D eigenvalue weighted by atomic mass is 10.1. The molecule has 2 aromatic rings. The van der Waals surface area contributed by atoms with Gasteiger partial charge in [0.15, 0.2) is 0 Å². The quantitative estimate of drug-likeness (QED) is 0.846. The maximum absolute atomic E-state index is 5.58. The SMILES string of the molecule is Cc1cc(C(C)Nc2ccc(C)c(C)c2)c(C)o1. The molecule has 96 valence electrons. The molecule has 1 unspecified atom stereocenters. The Morgan fingerprint density at radius 1 is 1.00 bits per heavy atom.